The number of piperidine rings is 1. The highest BCUT2D eigenvalue weighted by atomic mass is 32.2. The molecule has 1 aromatic heterocycles. The first kappa shape index (κ1) is 23.2. The van der Waals surface area contributed by atoms with Gasteiger partial charge in [0, 0.05) is 32.6 Å². The summed E-state index contributed by atoms with van der Waals surface area (Å²) in [5.74, 6) is 0.143. The minimum Gasteiger partial charge on any atom is -0.360 e. The third-order valence-corrected chi connectivity index (χ3v) is 8.40. The lowest BCUT2D eigenvalue weighted by Gasteiger charge is -2.32. The Morgan fingerprint density at radius 1 is 1.06 bits per heavy atom. The SMILES string of the molecule is Cc1noc(C)c1S(=O)(=O)N1CCC(C(=O)N(C)Cc2ccccc2-c2ccccc2)CC1. The van der Waals surface area contributed by atoms with E-state index in [1.807, 2.05) is 43.4 Å². The topological polar surface area (TPSA) is 83.7 Å². The number of hydrogen-bond donors (Lipinski definition) is 0. The fourth-order valence-electron chi connectivity index (χ4n) is 4.52. The Labute approximate surface area is 195 Å². The standard InChI is InChI=1S/C25H29N3O4S/c1-18-24(19(2)32-26-18)33(30,31)28-15-13-21(14-16-28)25(29)27(3)17-22-11-7-8-12-23(22)20-9-5-4-6-10-20/h4-12,21H,13-17H2,1-3H3. The fraction of sp³-hybridized carbons (Fsp3) is 0.360. The molecule has 8 heteroatoms. The molecule has 0 bridgehead atoms. The number of rotatable bonds is 6. The van der Waals surface area contributed by atoms with Crippen molar-refractivity contribution in [2.24, 2.45) is 5.92 Å². The summed E-state index contributed by atoms with van der Waals surface area (Å²) in [6, 6.07) is 18.2. The molecule has 0 N–H and O–H groups in total. The molecule has 0 spiro atoms. The molecule has 1 aliphatic heterocycles. The van der Waals surface area contributed by atoms with E-state index in [2.05, 4.69) is 23.4 Å². The number of aryl methyl sites for hydroxylation is 2. The van der Waals surface area contributed by atoms with Gasteiger partial charge in [-0.1, -0.05) is 59.8 Å². The van der Waals surface area contributed by atoms with Crippen molar-refractivity contribution < 1.29 is 17.7 Å². The summed E-state index contributed by atoms with van der Waals surface area (Å²) in [4.78, 5) is 15.1. The van der Waals surface area contributed by atoms with Gasteiger partial charge in [0.2, 0.25) is 15.9 Å². The van der Waals surface area contributed by atoms with Gasteiger partial charge in [0.05, 0.1) is 0 Å². The van der Waals surface area contributed by atoms with Gasteiger partial charge in [0.1, 0.15) is 10.6 Å². The monoisotopic (exact) mass is 467 g/mol. The molecular formula is C25H29N3O4S. The quantitative estimate of drug-likeness (QED) is 0.547. The van der Waals surface area contributed by atoms with Crippen LogP contribution in [0.25, 0.3) is 11.1 Å². The van der Waals surface area contributed by atoms with Crippen LogP contribution in [0.3, 0.4) is 0 Å². The molecule has 33 heavy (non-hydrogen) atoms. The van der Waals surface area contributed by atoms with Crippen LogP contribution in [-0.4, -0.2) is 48.8 Å². The molecule has 1 fully saturated rings. The number of aromatic nitrogens is 1. The summed E-state index contributed by atoms with van der Waals surface area (Å²) >= 11 is 0. The van der Waals surface area contributed by atoms with Crippen molar-refractivity contribution >= 4 is 15.9 Å². The number of hydrogen-bond acceptors (Lipinski definition) is 5. The van der Waals surface area contributed by atoms with Gasteiger partial charge in [0.25, 0.3) is 0 Å². The Hall–Kier alpha value is -2.97. The van der Waals surface area contributed by atoms with E-state index in [0.29, 0.717) is 43.9 Å². The van der Waals surface area contributed by atoms with E-state index < -0.39 is 10.0 Å². The second-order valence-corrected chi connectivity index (χ2v) is 10.4. The van der Waals surface area contributed by atoms with Crippen LogP contribution < -0.4 is 0 Å². The lowest BCUT2D eigenvalue weighted by atomic mass is 9.95. The predicted octanol–water partition coefficient (Wildman–Crippen LogP) is 4.02. The average molecular weight is 468 g/mol. The fourth-order valence-corrected chi connectivity index (χ4v) is 6.28. The third-order valence-electron chi connectivity index (χ3n) is 6.25. The number of carbonyl (C=O) groups is 1. The largest absolute Gasteiger partial charge is 0.360 e. The molecule has 1 saturated heterocycles. The van der Waals surface area contributed by atoms with E-state index in [4.69, 9.17) is 4.52 Å². The number of nitrogens with zero attached hydrogens (tertiary/aromatic N) is 3. The Bertz CT molecular complexity index is 1210. The first-order chi connectivity index (χ1) is 15.8. The highest BCUT2D eigenvalue weighted by Gasteiger charge is 2.36. The van der Waals surface area contributed by atoms with E-state index in [-0.39, 0.29) is 16.7 Å². The molecule has 4 rings (SSSR count). The minimum absolute atomic E-state index is 0.0484. The van der Waals surface area contributed by atoms with E-state index in [1.165, 1.54) is 4.31 Å². The van der Waals surface area contributed by atoms with Crippen LogP contribution in [0.5, 0.6) is 0 Å². The Balaban J connectivity index is 1.42. The molecule has 0 saturated carbocycles. The first-order valence-electron chi connectivity index (χ1n) is 11.1. The number of sulfonamides is 1. The summed E-state index contributed by atoms with van der Waals surface area (Å²) < 4.78 is 32.6. The van der Waals surface area contributed by atoms with E-state index >= 15 is 0 Å². The second kappa shape index (κ2) is 9.49. The summed E-state index contributed by atoms with van der Waals surface area (Å²) in [7, 11) is -1.87. The van der Waals surface area contributed by atoms with Gasteiger partial charge in [-0.15, -0.1) is 0 Å². The molecular weight excluding hydrogens is 438 g/mol. The lowest BCUT2D eigenvalue weighted by molar-refractivity contribution is -0.135. The van der Waals surface area contributed by atoms with Crippen molar-refractivity contribution in [3.8, 4) is 11.1 Å². The Kier molecular flexibility index (Phi) is 6.67. The van der Waals surface area contributed by atoms with Crippen molar-refractivity contribution in [2.75, 3.05) is 20.1 Å². The molecule has 0 atom stereocenters. The first-order valence-corrected chi connectivity index (χ1v) is 12.5. The van der Waals surface area contributed by atoms with Crippen molar-refractivity contribution in [1.82, 2.24) is 14.4 Å². The van der Waals surface area contributed by atoms with Gasteiger partial charge in [0.15, 0.2) is 5.76 Å². The molecule has 174 valence electrons. The van der Waals surface area contributed by atoms with E-state index in [0.717, 1.165) is 16.7 Å². The molecule has 1 amide bonds. The Morgan fingerprint density at radius 2 is 1.70 bits per heavy atom. The zero-order valence-electron chi connectivity index (χ0n) is 19.2. The summed E-state index contributed by atoms with van der Waals surface area (Å²) in [6.07, 6.45) is 0.984. The van der Waals surface area contributed by atoms with Crippen LogP contribution in [0.1, 0.15) is 29.9 Å². The van der Waals surface area contributed by atoms with Crippen molar-refractivity contribution in [1.29, 1.82) is 0 Å². The smallest absolute Gasteiger partial charge is 0.248 e. The van der Waals surface area contributed by atoms with Crippen LogP contribution in [0, 0.1) is 19.8 Å². The van der Waals surface area contributed by atoms with Crippen LogP contribution in [-0.2, 0) is 21.4 Å². The van der Waals surface area contributed by atoms with Crippen LogP contribution in [0.2, 0.25) is 0 Å². The number of benzene rings is 2. The molecule has 2 heterocycles. The van der Waals surface area contributed by atoms with Gasteiger partial charge in [-0.05, 0) is 43.4 Å². The average Bonchev–Trinajstić information content (AvgIpc) is 3.18. The molecule has 0 radical (unpaired) electrons. The summed E-state index contributed by atoms with van der Waals surface area (Å²) in [5, 5.41) is 3.77. The molecule has 1 aliphatic rings. The maximum atomic E-state index is 13.2. The normalized spacial score (nSPS) is 15.5. The highest BCUT2D eigenvalue weighted by molar-refractivity contribution is 7.89. The van der Waals surface area contributed by atoms with Crippen LogP contribution in [0.4, 0.5) is 0 Å². The lowest BCUT2D eigenvalue weighted by Crippen LogP contribution is -2.43. The number of carbonyl (C=O) groups excluding carboxylic acids is 1. The van der Waals surface area contributed by atoms with Crippen LogP contribution in [0.15, 0.2) is 64.0 Å². The van der Waals surface area contributed by atoms with E-state index in [9.17, 15) is 13.2 Å². The predicted molar refractivity (Wildman–Crippen MR) is 126 cm³/mol. The maximum Gasteiger partial charge on any atom is 0.248 e. The molecule has 7 nitrogen and oxygen atoms in total. The van der Waals surface area contributed by atoms with Gasteiger partial charge in [-0.25, -0.2) is 8.42 Å². The molecule has 2 aromatic carbocycles. The van der Waals surface area contributed by atoms with Gasteiger partial charge in [-0.2, -0.15) is 4.31 Å². The van der Waals surface area contributed by atoms with Gasteiger partial charge in [-0.3, -0.25) is 4.79 Å². The summed E-state index contributed by atoms with van der Waals surface area (Å²) in [5.41, 5.74) is 3.67. The van der Waals surface area contributed by atoms with Gasteiger partial charge < -0.3 is 9.42 Å². The molecule has 0 aliphatic carbocycles. The van der Waals surface area contributed by atoms with Crippen molar-refractivity contribution in [3.05, 3.63) is 71.6 Å². The maximum absolute atomic E-state index is 13.2. The molecule has 0 unspecified atom stereocenters. The highest BCUT2D eigenvalue weighted by Crippen LogP contribution is 2.29. The van der Waals surface area contributed by atoms with Crippen LogP contribution >= 0.6 is 0 Å². The number of amides is 1. The Morgan fingerprint density at radius 3 is 2.33 bits per heavy atom. The van der Waals surface area contributed by atoms with Gasteiger partial charge >= 0.3 is 0 Å². The molecule has 3 aromatic rings. The second-order valence-electron chi connectivity index (χ2n) is 8.55. The van der Waals surface area contributed by atoms with Crippen molar-refractivity contribution in [2.45, 2.75) is 38.1 Å². The van der Waals surface area contributed by atoms with E-state index in [1.54, 1.807) is 18.7 Å². The third kappa shape index (κ3) is 4.72. The zero-order valence-corrected chi connectivity index (χ0v) is 20.0. The van der Waals surface area contributed by atoms with Crippen molar-refractivity contribution in [3.63, 3.8) is 0 Å². The zero-order chi connectivity index (χ0) is 23.6. The minimum atomic E-state index is -3.68. The summed E-state index contributed by atoms with van der Waals surface area (Å²) in [6.45, 7) is 4.34.